The van der Waals surface area contributed by atoms with Crippen molar-refractivity contribution in [3.63, 3.8) is 0 Å². The number of benzene rings is 1. The molecule has 1 heterocycles. The Morgan fingerprint density at radius 3 is 3.00 bits per heavy atom. The zero-order valence-corrected chi connectivity index (χ0v) is 12.8. The quantitative estimate of drug-likeness (QED) is 0.832. The summed E-state index contributed by atoms with van der Waals surface area (Å²) in [5.41, 5.74) is 0.938. The topological polar surface area (TPSA) is 42.7 Å². The summed E-state index contributed by atoms with van der Waals surface area (Å²) in [5.74, 6) is 0.864. The summed E-state index contributed by atoms with van der Waals surface area (Å²) in [5, 5.41) is 12.6. The van der Waals surface area contributed by atoms with Crippen LogP contribution in [-0.2, 0) is 13.1 Å². The van der Waals surface area contributed by atoms with E-state index in [1.165, 1.54) is 0 Å². The second-order valence-electron chi connectivity index (χ2n) is 3.93. The molecule has 1 N–H and O–H groups in total. The fourth-order valence-electron chi connectivity index (χ4n) is 1.55. The van der Waals surface area contributed by atoms with Gasteiger partial charge in [0.2, 0.25) is 0 Å². The third kappa shape index (κ3) is 4.38. The molecule has 4 nitrogen and oxygen atoms in total. The first kappa shape index (κ1) is 14.7. The number of nitrogens with zero attached hydrogens (tertiary/aromatic N) is 3. The maximum absolute atomic E-state index is 6.10. The first-order chi connectivity index (χ1) is 9.19. The van der Waals surface area contributed by atoms with Crippen molar-refractivity contribution in [2.45, 2.75) is 18.0 Å². The van der Waals surface area contributed by atoms with Crippen LogP contribution in [0, 0.1) is 0 Å². The molecule has 19 heavy (non-hydrogen) atoms. The monoisotopic (exact) mass is 316 g/mol. The number of aryl methyl sites for hydroxylation is 1. The molecule has 0 aliphatic heterocycles. The molecule has 0 unspecified atom stereocenters. The van der Waals surface area contributed by atoms with Crippen molar-refractivity contribution >= 4 is 35.0 Å². The van der Waals surface area contributed by atoms with Crippen LogP contribution < -0.4 is 5.32 Å². The van der Waals surface area contributed by atoms with Crippen molar-refractivity contribution in [1.82, 2.24) is 20.3 Å². The molecule has 0 saturated carbocycles. The normalized spacial score (nSPS) is 10.9. The summed E-state index contributed by atoms with van der Waals surface area (Å²) in [7, 11) is 1.88. The van der Waals surface area contributed by atoms with Crippen molar-refractivity contribution in [2.75, 3.05) is 12.8 Å². The smallest absolute Gasteiger partial charge is 0.0964 e. The van der Waals surface area contributed by atoms with Gasteiger partial charge in [-0.05, 0) is 25.2 Å². The van der Waals surface area contributed by atoms with Crippen molar-refractivity contribution in [3.05, 3.63) is 40.1 Å². The summed E-state index contributed by atoms with van der Waals surface area (Å²) < 4.78 is 1.83. The van der Waals surface area contributed by atoms with Gasteiger partial charge in [-0.1, -0.05) is 28.4 Å². The maximum atomic E-state index is 6.10. The predicted molar refractivity (Wildman–Crippen MR) is 80.0 cm³/mol. The molecule has 0 amide bonds. The molecule has 0 atom stereocenters. The fraction of sp³-hybridized carbons (Fsp3) is 0.333. The van der Waals surface area contributed by atoms with Crippen LogP contribution in [0.4, 0.5) is 0 Å². The van der Waals surface area contributed by atoms with Crippen LogP contribution in [0.2, 0.25) is 10.0 Å². The Hall–Kier alpha value is -0.750. The van der Waals surface area contributed by atoms with Crippen LogP contribution in [0.3, 0.4) is 0 Å². The van der Waals surface area contributed by atoms with E-state index in [-0.39, 0.29) is 0 Å². The summed E-state index contributed by atoms with van der Waals surface area (Å²) in [6.07, 6.45) is 1.94. The Kier molecular flexibility index (Phi) is 5.51. The van der Waals surface area contributed by atoms with Crippen LogP contribution in [-0.4, -0.2) is 27.8 Å². The van der Waals surface area contributed by atoms with Gasteiger partial charge in [0.1, 0.15) is 0 Å². The Morgan fingerprint density at radius 2 is 2.21 bits per heavy atom. The minimum Gasteiger partial charge on any atom is -0.314 e. The molecule has 1 aromatic carbocycles. The van der Waals surface area contributed by atoms with E-state index in [0.717, 1.165) is 34.5 Å². The minimum atomic E-state index is 0.698. The van der Waals surface area contributed by atoms with E-state index in [1.807, 2.05) is 30.1 Å². The average molecular weight is 317 g/mol. The molecule has 7 heteroatoms. The van der Waals surface area contributed by atoms with Crippen LogP contribution >= 0.6 is 35.0 Å². The predicted octanol–water partition coefficient (Wildman–Crippen LogP) is 3.10. The van der Waals surface area contributed by atoms with Crippen LogP contribution in [0.5, 0.6) is 0 Å². The third-order valence-corrected chi connectivity index (χ3v) is 4.13. The van der Waals surface area contributed by atoms with Crippen molar-refractivity contribution < 1.29 is 0 Å². The number of hydrogen-bond donors (Lipinski definition) is 1. The molecule has 0 bridgehead atoms. The largest absolute Gasteiger partial charge is 0.314 e. The summed E-state index contributed by atoms with van der Waals surface area (Å²) in [4.78, 5) is 0.990. The van der Waals surface area contributed by atoms with Crippen LogP contribution in [0.1, 0.15) is 5.69 Å². The number of halogens is 2. The summed E-state index contributed by atoms with van der Waals surface area (Å²) in [6.45, 7) is 1.51. The van der Waals surface area contributed by atoms with Gasteiger partial charge < -0.3 is 5.32 Å². The van der Waals surface area contributed by atoms with Gasteiger partial charge >= 0.3 is 0 Å². The molecule has 0 spiro atoms. The summed E-state index contributed by atoms with van der Waals surface area (Å²) in [6, 6.07) is 5.48. The molecule has 0 radical (unpaired) electrons. The molecule has 0 aliphatic carbocycles. The first-order valence-electron chi connectivity index (χ1n) is 5.80. The standard InChI is InChI=1S/C12H14Cl2N4S/c1-15-7-10-8-18(17-16-10)4-5-19-12-6-9(13)2-3-11(12)14/h2-3,6,8,15H,4-5,7H2,1H3. The maximum Gasteiger partial charge on any atom is 0.0964 e. The molecule has 0 aliphatic rings. The highest BCUT2D eigenvalue weighted by atomic mass is 35.5. The van der Waals surface area contributed by atoms with E-state index in [4.69, 9.17) is 23.2 Å². The Morgan fingerprint density at radius 1 is 1.37 bits per heavy atom. The molecule has 2 aromatic rings. The molecular formula is C12H14Cl2N4S. The van der Waals surface area contributed by atoms with Gasteiger partial charge in [-0.15, -0.1) is 16.9 Å². The molecule has 102 valence electrons. The number of hydrogen-bond acceptors (Lipinski definition) is 4. The minimum absolute atomic E-state index is 0.698. The van der Waals surface area contributed by atoms with Gasteiger partial charge in [0, 0.05) is 28.4 Å². The number of rotatable bonds is 6. The van der Waals surface area contributed by atoms with Crippen molar-refractivity contribution in [1.29, 1.82) is 0 Å². The lowest BCUT2D eigenvalue weighted by Gasteiger charge is -2.04. The molecular weight excluding hydrogens is 303 g/mol. The van der Waals surface area contributed by atoms with Crippen molar-refractivity contribution in [2.24, 2.45) is 0 Å². The lowest BCUT2D eigenvalue weighted by atomic mass is 10.4. The van der Waals surface area contributed by atoms with Gasteiger partial charge in [-0.25, -0.2) is 0 Å². The Balaban J connectivity index is 1.87. The van der Waals surface area contributed by atoms with Gasteiger partial charge in [-0.3, -0.25) is 4.68 Å². The Labute approximate surface area is 126 Å². The van der Waals surface area contributed by atoms with Gasteiger partial charge in [0.25, 0.3) is 0 Å². The van der Waals surface area contributed by atoms with Crippen LogP contribution in [0.15, 0.2) is 29.3 Å². The van der Waals surface area contributed by atoms with E-state index in [1.54, 1.807) is 17.8 Å². The highest BCUT2D eigenvalue weighted by molar-refractivity contribution is 7.99. The van der Waals surface area contributed by atoms with E-state index < -0.39 is 0 Å². The van der Waals surface area contributed by atoms with Gasteiger partial charge in [-0.2, -0.15) is 0 Å². The van der Waals surface area contributed by atoms with Gasteiger partial charge in [0.15, 0.2) is 0 Å². The van der Waals surface area contributed by atoms with Crippen molar-refractivity contribution in [3.8, 4) is 0 Å². The summed E-state index contributed by atoms with van der Waals surface area (Å²) >= 11 is 13.7. The number of nitrogens with one attached hydrogen (secondary N) is 1. The SMILES string of the molecule is CNCc1cn(CCSc2cc(Cl)ccc2Cl)nn1. The van der Waals surface area contributed by atoms with Crippen LogP contribution in [0.25, 0.3) is 0 Å². The second-order valence-corrected chi connectivity index (χ2v) is 5.91. The fourth-order valence-corrected chi connectivity index (χ4v) is 2.98. The van der Waals surface area contributed by atoms with E-state index in [2.05, 4.69) is 15.6 Å². The highest BCUT2D eigenvalue weighted by Gasteiger charge is 2.03. The lowest BCUT2D eigenvalue weighted by Crippen LogP contribution is -2.05. The molecule has 2 rings (SSSR count). The highest BCUT2D eigenvalue weighted by Crippen LogP contribution is 2.29. The van der Waals surface area contributed by atoms with E-state index in [9.17, 15) is 0 Å². The van der Waals surface area contributed by atoms with E-state index in [0.29, 0.717) is 5.02 Å². The van der Waals surface area contributed by atoms with Gasteiger partial charge in [0.05, 0.1) is 17.3 Å². The first-order valence-corrected chi connectivity index (χ1v) is 7.54. The second kappa shape index (κ2) is 7.14. The number of thioether (sulfide) groups is 1. The van der Waals surface area contributed by atoms with E-state index >= 15 is 0 Å². The molecule has 0 fully saturated rings. The average Bonchev–Trinajstić information content (AvgIpc) is 2.82. The zero-order valence-electron chi connectivity index (χ0n) is 10.4. The molecule has 0 saturated heterocycles. The zero-order chi connectivity index (χ0) is 13.7. The number of aromatic nitrogens is 3. The Bertz CT molecular complexity index is 544. The third-order valence-electron chi connectivity index (χ3n) is 2.42. The molecule has 1 aromatic heterocycles. The lowest BCUT2D eigenvalue weighted by molar-refractivity contribution is 0.632.